The van der Waals surface area contributed by atoms with Crippen LogP contribution in [0.4, 0.5) is 10.5 Å². The molecule has 0 unspecified atom stereocenters. The van der Waals surface area contributed by atoms with Gasteiger partial charge in [0.05, 0.1) is 18.8 Å². The molecule has 0 spiro atoms. The maximum absolute atomic E-state index is 11.7. The van der Waals surface area contributed by atoms with Crippen LogP contribution in [0.5, 0.6) is 0 Å². The molecule has 84 valence electrons. The quantitative estimate of drug-likeness (QED) is 0.797. The largest absolute Gasteiger partial charge is 0.449 e. The molecule has 0 N–H and O–H groups in total. The molecular weight excluding hydrogens is 270 g/mol. The zero-order chi connectivity index (χ0) is 12.0. The molecule has 0 aromatic heterocycles. The van der Waals surface area contributed by atoms with Crippen LogP contribution in [0.2, 0.25) is 0 Å². The molecule has 0 bridgehead atoms. The lowest BCUT2D eigenvalue weighted by molar-refractivity contribution is 0.160. The van der Waals surface area contributed by atoms with E-state index in [9.17, 15) is 4.79 Å². The van der Waals surface area contributed by atoms with Crippen molar-refractivity contribution in [2.24, 2.45) is 0 Å². The molecule has 0 fully saturated rings. The number of carbonyl (C=O) groups excluding carboxylic acids is 1. The highest BCUT2D eigenvalue weighted by molar-refractivity contribution is 9.10. The molecule has 1 aromatic rings. The fourth-order valence-electron chi connectivity index (χ4n) is 1.21. The number of amides is 1. The number of para-hydroxylation sites is 1. The van der Waals surface area contributed by atoms with Crippen molar-refractivity contribution >= 4 is 27.7 Å². The van der Waals surface area contributed by atoms with E-state index in [-0.39, 0.29) is 6.54 Å². The third-order valence-electron chi connectivity index (χ3n) is 1.88. The Balaban J connectivity index is 2.99. The van der Waals surface area contributed by atoms with E-state index in [0.717, 1.165) is 4.47 Å². The number of ether oxygens (including phenoxy) is 1. The standard InChI is InChI=1S/C12H12BrNO2/c1-3-9-14(12(15)16-4-2)11-8-6-5-7-10(11)13/h1,5-8H,4,9H2,2H3. The van der Waals surface area contributed by atoms with E-state index < -0.39 is 6.09 Å². The minimum absolute atomic E-state index is 0.182. The van der Waals surface area contributed by atoms with Gasteiger partial charge in [0.2, 0.25) is 0 Å². The van der Waals surface area contributed by atoms with Gasteiger partial charge in [0.25, 0.3) is 0 Å². The Morgan fingerprint density at radius 1 is 1.56 bits per heavy atom. The molecule has 3 nitrogen and oxygen atoms in total. The summed E-state index contributed by atoms with van der Waals surface area (Å²) in [4.78, 5) is 13.1. The number of carbonyl (C=O) groups is 1. The minimum Gasteiger partial charge on any atom is -0.449 e. The topological polar surface area (TPSA) is 29.5 Å². The maximum atomic E-state index is 11.7. The smallest absolute Gasteiger partial charge is 0.415 e. The Morgan fingerprint density at radius 3 is 2.81 bits per heavy atom. The summed E-state index contributed by atoms with van der Waals surface area (Å²) in [5.74, 6) is 2.44. The molecule has 0 saturated carbocycles. The zero-order valence-electron chi connectivity index (χ0n) is 8.94. The molecule has 0 radical (unpaired) electrons. The number of terminal acetylenes is 1. The summed E-state index contributed by atoms with van der Waals surface area (Å²) in [7, 11) is 0. The second kappa shape index (κ2) is 6.19. The number of anilines is 1. The van der Waals surface area contributed by atoms with Gasteiger partial charge in [0.15, 0.2) is 0 Å². The van der Waals surface area contributed by atoms with Crippen molar-refractivity contribution in [3.63, 3.8) is 0 Å². The van der Waals surface area contributed by atoms with E-state index in [1.165, 1.54) is 4.90 Å². The van der Waals surface area contributed by atoms with Gasteiger partial charge in [-0.05, 0) is 35.0 Å². The maximum Gasteiger partial charge on any atom is 0.415 e. The fourth-order valence-corrected chi connectivity index (χ4v) is 1.71. The predicted octanol–water partition coefficient (Wildman–Crippen LogP) is 3.05. The summed E-state index contributed by atoms with van der Waals surface area (Å²) in [5, 5.41) is 0. The molecule has 1 aromatic carbocycles. The van der Waals surface area contributed by atoms with Gasteiger partial charge in [-0.1, -0.05) is 18.1 Å². The average molecular weight is 282 g/mol. The average Bonchev–Trinajstić information content (AvgIpc) is 2.27. The number of nitrogens with zero attached hydrogens (tertiary/aromatic N) is 1. The molecule has 1 amide bonds. The van der Waals surface area contributed by atoms with Crippen molar-refractivity contribution in [1.82, 2.24) is 0 Å². The number of benzene rings is 1. The van der Waals surface area contributed by atoms with Crippen molar-refractivity contribution in [1.29, 1.82) is 0 Å². The van der Waals surface area contributed by atoms with Crippen LogP contribution in [0.3, 0.4) is 0 Å². The highest BCUT2D eigenvalue weighted by Gasteiger charge is 2.17. The Hall–Kier alpha value is -1.47. The van der Waals surface area contributed by atoms with Crippen LogP contribution in [0.15, 0.2) is 28.7 Å². The molecule has 0 saturated heterocycles. The highest BCUT2D eigenvalue weighted by atomic mass is 79.9. The Bertz CT molecular complexity index is 412. The predicted molar refractivity (Wildman–Crippen MR) is 67.3 cm³/mol. The highest BCUT2D eigenvalue weighted by Crippen LogP contribution is 2.25. The van der Waals surface area contributed by atoms with E-state index >= 15 is 0 Å². The summed E-state index contributed by atoms with van der Waals surface area (Å²) >= 11 is 3.37. The number of rotatable bonds is 3. The first-order valence-electron chi connectivity index (χ1n) is 4.83. The van der Waals surface area contributed by atoms with Crippen LogP contribution in [-0.2, 0) is 4.74 Å². The first-order chi connectivity index (χ1) is 7.70. The van der Waals surface area contributed by atoms with Gasteiger partial charge in [-0.3, -0.25) is 4.90 Å². The third kappa shape index (κ3) is 3.01. The second-order valence-electron chi connectivity index (χ2n) is 2.94. The lowest BCUT2D eigenvalue weighted by Crippen LogP contribution is -2.32. The summed E-state index contributed by atoms with van der Waals surface area (Å²) < 4.78 is 5.74. The van der Waals surface area contributed by atoms with Crippen molar-refractivity contribution < 1.29 is 9.53 Å². The monoisotopic (exact) mass is 281 g/mol. The Labute approximate surface area is 104 Å². The fraction of sp³-hybridized carbons (Fsp3) is 0.250. The van der Waals surface area contributed by atoms with E-state index in [0.29, 0.717) is 12.3 Å². The lowest BCUT2D eigenvalue weighted by Gasteiger charge is -2.20. The molecule has 1 rings (SSSR count). The van der Waals surface area contributed by atoms with Gasteiger partial charge in [0.1, 0.15) is 0 Å². The van der Waals surface area contributed by atoms with E-state index in [4.69, 9.17) is 11.2 Å². The number of halogens is 1. The first-order valence-corrected chi connectivity index (χ1v) is 5.62. The van der Waals surface area contributed by atoms with Crippen LogP contribution < -0.4 is 4.90 Å². The molecule has 0 aliphatic heterocycles. The van der Waals surface area contributed by atoms with Crippen molar-refractivity contribution in [3.8, 4) is 12.3 Å². The second-order valence-corrected chi connectivity index (χ2v) is 3.79. The normalized spacial score (nSPS) is 9.31. The van der Waals surface area contributed by atoms with E-state index in [1.807, 2.05) is 18.2 Å². The van der Waals surface area contributed by atoms with Gasteiger partial charge in [-0.15, -0.1) is 6.42 Å². The van der Waals surface area contributed by atoms with Gasteiger partial charge in [-0.25, -0.2) is 4.79 Å². The van der Waals surface area contributed by atoms with Crippen molar-refractivity contribution in [3.05, 3.63) is 28.7 Å². The Morgan fingerprint density at radius 2 is 2.25 bits per heavy atom. The molecule has 0 heterocycles. The third-order valence-corrected chi connectivity index (χ3v) is 2.55. The molecule has 0 aliphatic carbocycles. The van der Waals surface area contributed by atoms with Crippen LogP contribution in [0, 0.1) is 12.3 Å². The SMILES string of the molecule is C#CCN(C(=O)OCC)c1ccccc1Br. The zero-order valence-corrected chi connectivity index (χ0v) is 10.5. The summed E-state index contributed by atoms with van der Waals surface area (Å²) in [5.41, 5.74) is 0.707. The molecule has 0 aliphatic rings. The molecule has 16 heavy (non-hydrogen) atoms. The van der Waals surface area contributed by atoms with Gasteiger partial charge >= 0.3 is 6.09 Å². The van der Waals surface area contributed by atoms with E-state index in [2.05, 4.69) is 21.9 Å². The van der Waals surface area contributed by atoms with Crippen LogP contribution in [0.25, 0.3) is 0 Å². The van der Waals surface area contributed by atoms with Gasteiger partial charge in [0, 0.05) is 4.47 Å². The Kier molecular flexibility index (Phi) is 4.87. The first kappa shape index (κ1) is 12.6. The minimum atomic E-state index is -0.438. The summed E-state index contributed by atoms with van der Waals surface area (Å²) in [6, 6.07) is 7.35. The van der Waals surface area contributed by atoms with Gasteiger partial charge in [-0.2, -0.15) is 0 Å². The molecule has 0 atom stereocenters. The summed E-state index contributed by atoms with van der Waals surface area (Å²) in [6.07, 6.45) is 4.80. The number of hydrogen-bond donors (Lipinski definition) is 0. The lowest BCUT2D eigenvalue weighted by atomic mass is 10.3. The van der Waals surface area contributed by atoms with Gasteiger partial charge < -0.3 is 4.74 Å². The molecular formula is C12H12BrNO2. The number of hydrogen-bond acceptors (Lipinski definition) is 2. The van der Waals surface area contributed by atoms with Crippen LogP contribution in [0.1, 0.15) is 6.92 Å². The molecule has 4 heteroatoms. The van der Waals surface area contributed by atoms with Crippen molar-refractivity contribution in [2.45, 2.75) is 6.92 Å². The van der Waals surface area contributed by atoms with E-state index in [1.54, 1.807) is 13.0 Å². The van der Waals surface area contributed by atoms with Crippen molar-refractivity contribution in [2.75, 3.05) is 18.1 Å². The summed E-state index contributed by atoms with van der Waals surface area (Å²) in [6.45, 7) is 2.26. The van der Waals surface area contributed by atoms with Crippen LogP contribution >= 0.6 is 15.9 Å². The van der Waals surface area contributed by atoms with Crippen LogP contribution in [-0.4, -0.2) is 19.2 Å².